The summed E-state index contributed by atoms with van der Waals surface area (Å²) in [6.45, 7) is 2.63. The van der Waals surface area contributed by atoms with Gasteiger partial charge in [-0.15, -0.1) is 21.5 Å². The van der Waals surface area contributed by atoms with E-state index in [0.717, 1.165) is 17.1 Å². The summed E-state index contributed by atoms with van der Waals surface area (Å²) >= 11 is 15.2. The third kappa shape index (κ3) is 4.95. The van der Waals surface area contributed by atoms with Gasteiger partial charge in [0.1, 0.15) is 10.7 Å². The summed E-state index contributed by atoms with van der Waals surface area (Å²) in [5, 5.41) is 15.6. The predicted molar refractivity (Wildman–Crippen MR) is 123 cm³/mol. The predicted octanol–water partition coefficient (Wildman–Crippen LogP) is 5.72. The van der Waals surface area contributed by atoms with Gasteiger partial charge in [0.15, 0.2) is 10.9 Å². The number of benzene rings is 1. The lowest BCUT2D eigenvalue weighted by molar-refractivity contribution is 0.0949. The van der Waals surface area contributed by atoms with Gasteiger partial charge < -0.3 is 9.73 Å². The number of nitrogens with one attached hydrogen (secondary N) is 1. The van der Waals surface area contributed by atoms with E-state index in [4.69, 9.17) is 27.6 Å². The zero-order chi connectivity index (χ0) is 21.8. The second-order valence-corrected chi connectivity index (χ2v) is 9.09. The second-order valence-electron chi connectivity index (χ2n) is 6.39. The molecule has 3 aromatic heterocycles. The number of thiazole rings is 1. The van der Waals surface area contributed by atoms with Gasteiger partial charge >= 0.3 is 0 Å². The Bertz CT molecular complexity index is 1190. The lowest BCUT2D eigenvalue weighted by atomic mass is 10.3. The Hall–Kier alpha value is -2.33. The highest BCUT2D eigenvalue weighted by Crippen LogP contribution is 2.33. The first-order valence-corrected chi connectivity index (χ1v) is 12.0. The molecule has 7 nitrogen and oxygen atoms in total. The number of aromatic nitrogens is 4. The van der Waals surface area contributed by atoms with Gasteiger partial charge in [-0.1, -0.05) is 41.9 Å². The number of hydrogen-bond acceptors (Lipinski definition) is 7. The molecule has 0 aliphatic carbocycles. The van der Waals surface area contributed by atoms with Crippen LogP contribution < -0.4 is 5.32 Å². The maximum Gasteiger partial charge on any atom is 0.270 e. The van der Waals surface area contributed by atoms with Crippen LogP contribution in [0.2, 0.25) is 10.0 Å². The highest BCUT2D eigenvalue weighted by Gasteiger charge is 2.19. The molecule has 0 atom stereocenters. The summed E-state index contributed by atoms with van der Waals surface area (Å²) in [5.41, 5.74) is 1.18. The zero-order valence-electron chi connectivity index (χ0n) is 16.3. The molecule has 1 aromatic carbocycles. The van der Waals surface area contributed by atoms with Crippen LogP contribution in [0.25, 0.3) is 17.3 Å². The molecule has 0 unspecified atom stereocenters. The number of amides is 1. The summed E-state index contributed by atoms with van der Waals surface area (Å²) in [6.07, 6.45) is 2.46. The van der Waals surface area contributed by atoms with Crippen molar-refractivity contribution in [1.82, 2.24) is 25.1 Å². The van der Waals surface area contributed by atoms with Crippen LogP contribution >= 0.6 is 46.3 Å². The van der Waals surface area contributed by atoms with Crippen LogP contribution in [0.3, 0.4) is 0 Å². The van der Waals surface area contributed by atoms with Crippen molar-refractivity contribution in [3.8, 4) is 17.3 Å². The number of thioether (sulfide) groups is 1. The molecular weight excluding hydrogens is 477 g/mol. The molecule has 1 N–H and O–H groups in total. The molecule has 31 heavy (non-hydrogen) atoms. The average molecular weight is 494 g/mol. The quantitative estimate of drug-likeness (QED) is 0.315. The molecule has 1 amide bonds. The Morgan fingerprint density at radius 3 is 2.87 bits per heavy atom. The van der Waals surface area contributed by atoms with E-state index in [9.17, 15) is 4.79 Å². The van der Waals surface area contributed by atoms with Crippen molar-refractivity contribution in [3.05, 3.63) is 62.7 Å². The minimum absolute atomic E-state index is 0.159. The summed E-state index contributed by atoms with van der Waals surface area (Å²) in [7, 11) is 0. The van der Waals surface area contributed by atoms with Crippen LogP contribution in [0.15, 0.2) is 51.5 Å². The van der Waals surface area contributed by atoms with Crippen molar-refractivity contribution in [2.45, 2.75) is 24.3 Å². The highest BCUT2D eigenvalue weighted by atomic mass is 35.5. The maximum absolute atomic E-state index is 12.1. The number of carbonyl (C=O) groups excluding carboxylic acids is 1. The van der Waals surface area contributed by atoms with Gasteiger partial charge in [0.05, 0.1) is 27.7 Å². The molecule has 3 heterocycles. The van der Waals surface area contributed by atoms with E-state index in [1.807, 2.05) is 23.6 Å². The zero-order valence-corrected chi connectivity index (χ0v) is 19.5. The van der Waals surface area contributed by atoms with Crippen molar-refractivity contribution in [2.75, 3.05) is 6.54 Å². The standard InChI is InChI=1S/C20H17Cl2N5O2S2/c1-2-7-23-19(28)15-10-30-17(24-15)11-31-20-26-25-18(16-4-3-8-29-16)27(20)12-5-6-13(21)14(22)9-12/h3-6,8-10H,2,7,11H2,1H3,(H,23,28). The van der Waals surface area contributed by atoms with Crippen LogP contribution in [0.5, 0.6) is 0 Å². The maximum atomic E-state index is 12.1. The van der Waals surface area contributed by atoms with Crippen LogP contribution in [0, 0.1) is 0 Å². The van der Waals surface area contributed by atoms with E-state index in [2.05, 4.69) is 20.5 Å². The third-order valence-electron chi connectivity index (χ3n) is 4.18. The lowest BCUT2D eigenvalue weighted by Crippen LogP contribution is -2.24. The lowest BCUT2D eigenvalue weighted by Gasteiger charge is -2.10. The largest absolute Gasteiger partial charge is 0.461 e. The van der Waals surface area contributed by atoms with E-state index in [-0.39, 0.29) is 5.91 Å². The van der Waals surface area contributed by atoms with Crippen LogP contribution in [-0.4, -0.2) is 32.2 Å². The van der Waals surface area contributed by atoms with Crippen molar-refractivity contribution >= 4 is 52.2 Å². The molecule has 0 radical (unpaired) electrons. The van der Waals surface area contributed by atoms with E-state index >= 15 is 0 Å². The minimum Gasteiger partial charge on any atom is -0.461 e. The van der Waals surface area contributed by atoms with Crippen LogP contribution in [-0.2, 0) is 5.75 Å². The molecule has 0 bridgehead atoms. The molecule has 0 saturated carbocycles. The third-order valence-corrected chi connectivity index (χ3v) is 6.89. The van der Waals surface area contributed by atoms with Crippen molar-refractivity contribution in [2.24, 2.45) is 0 Å². The number of furan rings is 1. The second kappa shape index (κ2) is 9.86. The van der Waals surface area contributed by atoms with Crippen LogP contribution in [0.4, 0.5) is 0 Å². The number of rotatable bonds is 8. The fourth-order valence-electron chi connectivity index (χ4n) is 2.72. The molecule has 4 rings (SSSR count). The van der Waals surface area contributed by atoms with Gasteiger partial charge in [0, 0.05) is 11.9 Å². The first-order valence-electron chi connectivity index (χ1n) is 9.37. The molecule has 0 aliphatic heterocycles. The molecule has 0 spiro atoms. The Kier molecular flexibility index (Phi) is 6.96. The Morgan fingerprint density at radius 1 is 1.26 bits per heavy atom. The summed E-state index contributed by atoms with van der Waals surface area (Å²) in [5.74, 6) is 1.50. The number of carbonyl (C=O) groups is 1. The Labute approximate surface area is 196 Å². The van der Waals surface area contributed by atoms with E-state index < -0.39 is 0 Å². The van der Waals surface area contributed by atoms with Crippen molar-refractivity contribution < 1.29 is 9.21 Å². The van der Waals surface area contributed by atoms with Gasteiger partial charge in [-0.2, -0.15) is 0 Å². The normalized spacial score (nSPS) is 11.1. The van der Waals surface area contributed by atoms with Gasteiger partial charge in [-0.05, 0) is 36.8 Å². The number of nitrogens with zero attached hydrogens (tertiary/aromatic N) is 4. The Balaban J connectivity index is 1.60. The summed E-state index contributed by atoms with van der Waals surface area (Å²) in [6, 6.07) is 8.92. The average Bonchev–Trinajstić information content (AvgIpc) is 3.52. The van der Waals surface area contributed by atoms with Crippen molar-refractivity contribution in [3.63, 3.8) is 0 Å². The molecule has 0 fully saturated rings. The van der Waals surface area contributed by atoms with E-state index in [0.29, 0.717) is 44.8 Å². The Morgan fingerprint density at radius 2 is 2.13 bits per heavy atom. The highest BCUT2D eigenvalue weighted by molar-refractivity contribution is 7.98. The van der Waals surface area contributed by atoms with E-state index in [1.54, 1.807) is 29.8 Å². The summed E-state index contributed by atoms with van der Waals surface area (Å²) in [4.78, 5) is 16.5. The molecule has 0 aliphatic rings. The number of halogens is 2. The fourth-order valence-corrected chi connectivity index (χ4v) is 4.76. The van der Waals surface area contributed by atoms with Crippen molar-refractivity contribution in [1.29, 1.82) is 0 Å². The molecule has 4 aromatic rings. The van der Waals surface area contributed by atoms with Gasteiger partial charge in [0.25, 0.3) is 5.91 Å². The van der Waals surface area contributed by atoms with Gasteiger partial charge in [-0.25, -0.2) is 4.98 Å². The first kappa shape index (κ1) is 21.9. The topological polar surface area (TPSA) is 85.8 Å². The molecular formula is C20H17Cl2N5O2S2. The first-order chi connectivity index (χ1) is 15.1. The smallest absolute Gasteiger partial charge is 0.270 e. The van der Waals surface area contributed by atoms with Gasteiger partial charge in [0.2, 0.25) is 5.82 Å². The molecule has 11 heteroatoms. The fraction of sp³-hybridized carbons (Fsp3) is 0.200. The van der Waals surface area contributed by atoms with Crippen LogP contribution in [0.1, 0.15) is 28.8 Å². The summed E-state index contributed by atoms with van der Waals surface area (Å²) < 4.78 is 7.38. The molecule has 160 valence electrons. The van der Waals surface area contributed by atoms with Gasteiger partial charge in [-0.3, -0.25) is 9.36 Å². The minimum atomic E-state index is -0.159. The molecule has 0 saturated heterocycles. The van der Waals surface area contributed by atoms with E-state index in [1.165, 1.54) is 23.1 Å². The number of hydrogen-bond donors (Lipinski definition) is 1. The SMILES string of the molecule is CCCNC(=O)c1csc(CSc2nnc(-c3ccco3)n2-c2ccc(Cl)c(Cl)c2)n1. The monoisotopic (exact) mass is 493 g/mol.